The number of hydrogen-bond acceptors (Lipinski definition) is 3. The number of carbonyl (C=O) groups excluding carboxylic acids is 1. The van der Waals surface area contributed by atoms with E-state index in [0.29, 0.717) is 12.0 Å². The summed E-state index contributed by atoms with van der Waals surface area (Å²) in [5.41, 5.74) is 0. The van der Waals surface area contributed by atoms with Crippen LogP contribution in [0.2, 0.25) is 0 Å². The molecule has 3 heterocycles. The van der Waals surface area contributed by atoms with Crippen molar-refractivity contribution < 1.29 is 9.53 Å². The Morgan fingerprint density at radius 2 is 1.82 bits per heavy atom. The van der Waals surface area contributed by atoms with Crippen LogP contribution < -0.4 is 0 Å². The van der Waals surface area contributed by atoms with E-state index in [1.807, 2.05) is 0 Å². The Hall–Kier alpha value is -0.610. The van der Waals surface area contributed by atoms with Crippen LogP contribution in [0.1, 0.15) is 32.1 Å². The molecule has 3 fully saturated rings. The topological polar surface area (TPSA) is 36.1 Å². The molecule has 0 aromatic carbocycles. The van der Waals surface area contributed by atoms with Crippen LogP contribution in [0.15, 0.2) is 0 Å². The number of carbonyl (C=O) groups is 1. The summed E-state index contributed by atoms with van der Waals surface area (Å²) < 4.78 is 5.30. The Kier molecular flexibility index (Phi) is 3.34. The van der Waals surface area contributed by atoms with Gasteiger partial charge in [-0.2, -0.15) is 0 Å². The standard InChI is InChI=1S/C13H22N2O2/c16-13(14-6-3-4-7-14)12-5-1-2-8-15(12)9-11-10-17-11/h11-12H,1-10H2/t11-,12+/m1/s1. The molecule has 96 valence electrons. The van der Waals surface area contributed by atoms with Crippen molar-refractivity contribution in [3.05, 3.63) is 0 Å². The summed E-state index contributed by atoms with van der Waals surface area (Å²) in [6, 6.07) is 0.144. The van der Waals surface area contributed by atoms with Crippen molar-refractivity contribution in [1.29, 1.82) is 0 Å². The molecule has 3 saturated heterocycles. The molecular formula is C13H22N2O2. The molecule has 3 aliphatic rings. The van der Waals surface area contributed by atoms with Crippen molar-refractivity contribution in [1.82, 2.24) is 9.80 Å². The molecular weight excluding hydrogens is 216 g/mol. The zero-order valence-corrected chi connectivity index (χ0v) is 10.4. The van der Waals surface area contributed by atoms with Crippen LogP contribution in [0, 0.1) is 0 Å². The maximum atomic E-state index is 12.5. The van der Waals surface area contributed by atoms with Crippen molar-refractivity contribution in [3.8, 4) is 0 Å². The van der Waals surface area contributed by atoms with Crippen molar-refractivity contribution in [2.24, 2.45) is 0 Å². The van der Waals surface area contributed by atoms with Crippen LogP contribution in [-0.2, 0) is 9.53 Å². The molecule has 0 N–H and O–H groups in total. The van der Waals surface area contributed by atoms with E-state index in [4.69, 9.17) is 4.74 Å². The molecule has 4 nitrogen and oxygen atoms in total. The van der Waals surface area contributed by atoms with Gasteiger partial charge < -0.3 is 9.64 Å². The van der Waals surface area contributed by atoms with Gasteiger partial charge >= 0.3 is 0 Å². The molecule has 0 unspecified atom stereocenters. The Bertz CT molecular complexity index is 285. The maximum absolute atomic E-state index is 12.5. The number of ether oxygens (including phenoxy) is 1. The average Bonchev–Trinajstić information content (AvgIpc) is 3.00. The van der Waals surface area contributed by atoms with Crippen molar-refractivity contribution in [3.63, 3.8) is 0 Å². The molecule has 0 saturated carbocycles. The molecule has 0 bridgehead atoms. The molecule has 4 heteroatoms. The fraction of sp³-hybridized carbons (Fsp3) is 0.923. The predicted octanol–water partition coefficient (Wildman–Crippen LogP) is 0.862. The number of hydrogen-bond donors (Lipinski definition) is 0. The Labute approximate surface area is 103 Å². The van der Waals surface area contributed by atoms with Crippen LogP contribution in [0.3, 0.4) is 0 Å². The summed E-state index contributed by atoms with van der Waals surface area (Å²) >= 11 is 0. The van der Waals surface area contributed by atoms with E-state index in [0.717, 1.165) is 39.2 Å². The van der Waals surface area contributed by atoms with Crippen molar-refractivity contribution in [2.75, 3.05) is 32.8 Å². The second-order valence-electron chi connectivity index (χ2n) is 5.49. The van der Waals surface area contributed by atoms with Crippen LogP contribution in [0.25, 0.3) is 0 Å². The summed E-state index contributed by atoms with van der Waals surface area (Å²) in [4.78, 5) is 16.9. The SMILES string of the molecule is O=C([C@@H]1CCCCN1C[C@@H]1CO1)N1CCCC1. The normalized spacial score (nSPS) is 34.0. The van der Waals surface area contributed by atoms with Crippen LogP contribution >= 0.6 is 0 Å². The van der Waals surface area contributed by atoms with E-state index < -0.39 is 0 Å². The third kappa shape index (κ3) is 2.63. The lowest BCUT2D eigenvalue weighted by molar-refractivity contribution is -0.137. The Morgan fingerprint density at radius 1 is 1.12 bits per heavy atom. The predicted molar refractivity (Wildman–Crippen MR) is 64.8 cm³/mol. The highest BCUT2D eigenvalue weighted by molar-refractivity contribution is 5.82. The number of amides is 1. The van der Waals surface area contributed by atoms with Gasteiger partial charge in [-0.15, -0.1) is 0 Å². The largest absolute Gasteiger partial charge is 0.372 e. The van der Waals surface area contributed by atoms with Gasteiger partial charge in [-0.1, -0.05) is 6.42 Å². The monoisotopic (exact) mass is 238 g/mol. The van der Waals surface area contributed by atoms with Gasteiger partial charge in [0.2, 0.25) is 5.91 Å². The molecule has 2 atom stereocenters. The first-order valence-electron chi connectivity index (χ1n) is 6.99. The molecule has 0 aromatic heterocycles. The first kappa shape index (κ1) is 11.5. The molecule has 17 heavy (non-hydrogen) atoms. The summed E-state index contributed by atoms with van der Waals surface area (Å²) in [5.74, 6) is 0.378. The lowest BCUT2D eigenvalue weighted by atomic mass is 10.0. The highest BCUT2D eigenvalue weighted by Gasteiger charge is 2.36. The summed E-state index contributed by atoms with van der Waals surface area (Å²) in [6.07, 6.45) is 6.25. The third-order valence-electron chi connectivity index (χ3n) is 4.16. The highest BCUT2D eigenvalue weighted by Crippen LogP contribution is 2.23. The maximum Gasteiger partial charge on any atom is 0.239 e. The van der Waals surface area contributed by atoms with Gasteiger partial charge in [0, 0.05) is 19.6 Å². The summed E-state index contributed by atoms with van der Waals surface area (Å²) in [7, 11) is 0. The van der Waals surface area contributed by atoms with E-state index in [9.17, 15) is 4.79 Å². The fourth-order valence-corrected chi connectivity index (χ4v) is 3.07. The van der Waals surface area contributed by atoms with Crippen LogP contribution in [0.5, 0.6) is 0 Å². The average molecular weight is 238 g/mol. The highest BCUT2D eigenvalue weighted by atomic mass is 16.6. The van der Waals surface area contributed by atoms with E-state index >= 15 is 0 Å². The Balaban J connectivity index is 1.62. The van der Waals surface area contributed by atoms with Gasteiger partial charge in [0.05, 0.1) is 18.8 Å². The lowest BCUT2D eigenvalue weighted by Crippen LogP contribution is -2.51. The van der Waals surface area contributed by atoms with E-state index in [1.165, 1.54) is 25.7 Å². The second-order valence-corrected chi connectivity index (χ2v) is 5.49. The van der Waals surface area contributed by atoms with Gasteiger partial charge in [-0.25, -0.2) is 0 Å². The number of piperidine rings is 1. The van der Waals surface area contributed by atoms with E-state index in [-0.39, 0.29) is 6.04 Å². The summed E-state index contributed by atoms with van der Waals surface area (Å²) in [5, 5.41) is 0. The van der Waals surface area contributed by atoms with E-state index in [2.05, 4.69) is 9.80 Å². The summed E-state index contributed by atoms with van der Waals surface area (Å²) in [6.45, 7) is 4.88. The molecule has 0 aliphatic carbocycles. The fourth-order valence-electron chi connectivity index (χ4n) is 3.07. The van der Waals surface area contributed by atoms with Gasteiger partial charge in [0.25, 0.3) is 0 Å². The molecule has 0 aromatic rings. The zero-order valence-electron chi connectivity index (χ0n) is 10.4. The minimum atomic E-state index is 0.144. The van der Waals surface area contributed by atoms with Crippen LogP contribution in [-0.4, -0.2) is 60.6 Å². The first-order valence-corrected chi connectivity index (χ1v) is 6.99. The number of likely N-dealkylation sites (tertiary alicyclic amines) is 2. The zero-order chi connectivity index (χ0) is 11.7. The quantitative estimate of drug-likeness (QED) is 0.684. The third-order valence-corrected chi connectivity index (χ3v) is 4.16. The van der Waals surface area contributed by atoms with Gasteiger partial charge in [-0.05, 0) is 32.2 Å². The minimum Gasteiger partial charge on any atom is -0.372 e. The number of rotatable bonds is 3. The molecule has 1 amide bonds. The molecule has 0 spiro atoms. The van der Waals surface area contributed by atoms with E-state index in [1.54, 1.807) is 0 Å². The second kappa shape index (κ2) is 4.94. The molecule has 3 rings (SSSR count). The van der Waals surface area contributed by atoms with Gasteiger partial charge in [-0.3, -0.25) is 9.69 Å². The van der Waals surface area contributed by atoms with Crippen LogP contribution in [0.4, 0.5) is 0 Å². The first-order chi connectivity index (χ1) is 8.34. The minimum absolute atomic E-state index is 0.144. The number of nitrogens with zero attached hydrogens (tertiary/aromatic N) is 2. The van der Waals surface area contributed by atoms with Gasteiger partial charge in [0.15, 0.2) is 0 Å². The van der Waals surface area contributed by atoms with Gasteiger partial charge in [0.1, 0.15) is 0 Å². The molecule has 0 radical (unpaired) electrons. The van der Waals surface area contributed by atoms with Crippen molar-refractivity contribution in [2.45, 2.75) is 44.2 Å². The smallest absolute Gasteiger partial charge is 0.239 e. The van der Waals surface area contributed by atoms with Crippen molar-refractivity contribution >= 4 is 5.91 Å². The lowest BCUT2D eigenvalue weighted by Gasteiger charge is -2.36. The number of epoxide rings is 1. The molecule has 3 aliphatic heterocycles. The Morgan fingerprint density at radius 3 is 2.53 bits per heavy atom.